The van der Waals surface area contributed by atoms with E-state index in [4.69, 9.17) is 14.2 Å². The summed E-state index contributed by atoms with van der Waals surface area (Å²) in [6.07, 6.45) is 0.332. The number of halogens is 3. The summed E-state index contributed by atoms with van der Waals surface area (Å²) in [5.74, 6) is -8.65. The first kappa shape index (κ1) is 31.9. The van der Waals surface area contributed by atoms with Crippen molar-refractivity contribution in [1.29, 1.82) is 0 Å². The van der Waals surface area contributed by atoms with Crippen molar-refractivity contribution in [1.82, 2.24) is 10.2 Å². The second-order valence-electron chi connectivity index (χ2n) is 9.51. The van der Waals surface area contributed by atoms with Crippen molar-refractivity contribution in [3.8, 4) is 0 Å². The van der Waals surface area contributed by atoms with Crippen LogP contribution in [0.1, 0.15) is 45.5 Å². The molecule has 2 heterocycles. The lowest BCUT2D eigenvalue weighted by Crippen LogP contribution is -2.37. The van der Waals surface area contributed by atoms with E-state index >= 15 is 8.78 Å². The molecule has 2 aromatic carbocycles. The van der Waals surface area contributed by atoms with Crippen molar-refractivity contribution in [2.75, 3.05) is 40.1 Å². The number of methoxy groups -OCH3 is 1. The van der Waals surface area contributed by atoms with E-state index in [0.29, 0.717) is 18.6 Å². The fourth-order valence-corrected chi connectivity index (χ4v) is 4.92. The Hall–Kier alpha value is -5.05. The highest BCUT2D eigenvalue weighted by molar-refractivity contribution is 6.21. The van der Waals surface area contributed by atoms with E-state index in [1.165, 1.54) is 12.1 Å². The van der Waals surface area contributed by atoms with Crippen molar-refractivity contribution in [2.24, 2.45) is 0 Å². The number of dihydropyridines is 1. The molecule has 2 aromatic rings. The molecule has 0 saturated carbocycles. The van der Waals surface area contributed by atoms with E-state index in [9.17, 15) is 33.7 Å². The summed E-state index contributed by atoms with van der Waals surface area (Å²) in [6.45, 7) is -0.970. The molecule has 44 heavy (non-hydrogen) atoms. The minimum atomic E-state index is -2.05. The van der Waals surface area contributed by atoms with Gasteiger partial charge in [0.25, 0.3) is 11.8 Å². The summed E-state index contributed by atoms with van der Waals surface area (Å²) in [5.41, 5.74) is -3.94. The molecule has 0 saturated heterocycles. The van der Waals surface area contributed by atoms with Crippen LogP contribution in [0.4, 0.5) is 18.9 Å². The summed E-state index contributed by atoms with van der Waals surface area (Å²) >= 11 is 0. The Bertz CT molecular complexity index is 1570. The van der Waals surface area contributed by atoms with E-state index in [-0.39, 0.29) is 36.6 Å². The van der Waals surface area contributed by atoms with E-state index in [0.717, 1.165) is 12.0 Å². The van der Waals surface area contributed by atoms with Crippen LogP contribution in [0.2, 0.25) is 0 Å². The van der Waals surface area contributed by atoms with Crippen LogP contribution >= 0.6 is 0 Å². The van der Waals surface area contributed by atoms with Gasteiger partial charge in [-0.05, 0) is 24.6 Å². The second-order valence-corrected chi connectivity index (χ2v) is 9.51. The minimum Gasteiger partial charge on any atom is -0.466 e. The number of carbonyl (C=O) groups excluding carboxylic acids is 4. The highest BCUT2D eigenvalue weighted by Crippen LogP contribution is 2.43. The van der Waals surface area contributed by atoms with Crippen LogP contribution < -0.4 is 5.32 Å². The number of imide groups is 1. The van der Waals surface area contributed by atoms with Gasteiger partial charge in [0.2, 0.25) is 5.82 Å². The Morgan fingerprint density at radius 1 is 1.00 bits per heavy atom. The number of allylic oxidation sites excluding steroid dienone is 1. The van der Waals surface area contributed by atoms with Crippen LogP contribution in [0.25, 0.3) is 0 Å². The predicted octanol–water partition coefficient (Wildman–Crippen LogP) is 3.48. The summed E-state index contributed by atoms with van der Waals surface area (Å²) in [6, 6.07) is 7.35. The third kappa shape index (κ3) is 5.90. The van der Waals surface area contributed by atoms with Crippen molar-refractivity contribution < 1.29 is 51.5 Å². The van der Waals surface area contributed by atoms with Gasteiger partial charge in [0.05, 0.1) is 78.0 Å². The zero-order valence-electron chi connectivity index (χ0n) is 23.5. The molecule has 2 aliphatic rings. The van der Waals surface area contributed by atoms with Crippen molar-refractivity contribution in [3.05, 3.63) is 97.4 Å². The van der Waals surface area contributed by atoms with E-state index in [1.54, 1.807) is 19.1 Å². The van der Waals surface area contributed by atoms with Gasteiger partial charge in [-0.1, -0.05) is 19.1 Å². The van der Waals surface area contributed by atoms with Gasteiger partial charge >= 0.3 is 17.6 Å². The lowest BCUT2D eigenvalue weighted by atomic mass is 9.79. The van der Waals surface area contributed by atoms with Crippen molar-refractivity contribution in [3.63, 3.8) is 0 Å². The van der Waals surface area contributed by atoms with E-state index in [1.807, 2.05) is 0 Å². The van der Waals surface area contributed by atoms with Gasteiger partial charge in [0.1, 0.15) is 12.5 Å². The Labute approximate surface area is 248 Å². The molecule has 0 bridgehead atoms. The number of alkyl halides is 1. The molecule has 0 aliphatic carbocycles. The average Bonchev–Trinajstić information content (AvgIpc) is 3.25. The predicted molar refractivity (Wildman–Crippen MR) is 145 cm³/mol. The maximum Gasteiger partial charge on any atom is 0.336 e. The number of hydrogen-bond acceptors (Lipinski definition) is 10. The van der Waals surface area contributed by atoms with Gasteiger partial charge < -0.3 is 19.5 Å². The number of rotatable bonds is 12. The molecule has 0 fully saturated rings. The van der Waals surface area contributed by atoms with E-state index in [2.05, 4.69) is 5.32 Å². The number of nitrogens with zero attached hydrogens (tertiary/aromatic N) is 2. The smallest absolute Gasteiger partial charge is 0.336 e. The maximum atomic E-state index is 15.6. The number of nitro groups is 1. The molecule has 0 spiro atoms. The number of benzene rings is 2. The fourth-order valence-electron chi connectivity index (χ4n) is 4.92. The molecule has 232 valence electrons. The van der Waals surface area contributed by atoms with Crippen molar-refractivity contribution >= 4 is 29.4 Å². The van der Waals surface area contributed by atoms with Crippen LogP contribution in [0.3, 0.4) is 0 Å². The van der Waals surface area contributed by atoms with Crippen molar-refractivity contribution in [2.45, 2.75) is 19.3 Å². The highest BCUT2D eigenvalue weighted by atomic mass is 19.1. The average molecular weight is 618 g/mol. The lowest BCUT2D eigenvalue weighted by Gasteiger charge is -2.32. The van der Waals surface area contributed by atoms with Crippen LogP contribution in [-0.4, -0.2) is 73.7 Å². The van der Waals surface area contributed by atoms with Gasteiger partial charge in [-0.2, -0.15) is 4.39 Å². The Kier molecular flexibility index (Phi) is 9.78. The summed E-state index contributed by atoms with van der Waals surface area (Å²) in [4.78, 5) is 62.8. The van der Waals surface area contributed by atoms with E-state index < -0.39 is 87.6 Å². The van der Waals surface area contributed by atoms with Gasteiger partial charge in [-0.25, -0.2) is 18.4 Å². The quantitative estimate of drug-likeness (QED) is 0.123. The number of hydrogen-bond donors (Lipinski definition) is 1. The monoisotopic (exact) mass is 617 g/mol. The standard InChI is InChI=1S/C29H26F3N3O9/c1-3-11-44-29(39)23-19(14-43-12-10-34-26(36)15-6-4-5-7-16(15)27(34)37)33-18(13-30)22(28(38)42-2)24(23)21-17(31)8-9-20(25(21)32)35(40)41/h4-9,24,33H,3,10-14H2,1-2H3. The number of ether oxygens (including phenoxy) is 3. The molecule has 12 nitrogen and oxygen atoms in total. The van der Waals surface area contributed by atoms with Gasteiger partial charge in [0.15, 0.2) is 0 Å². The first-order chi connectivity index (χ1) is 21.1. The topological polar surface area (TPSA) is 154 Å². The van der Waals surface area contributed by atoms with Crippen LogP contribution in [0.15, 0.2) is 58.9 Å². The van der Waals surface area contributed by atoms with Crippen LogP contribution in [0, 0.1) is 21.7 Å². The molecule has 1 unspecified atom stereocenters. The van der Waals surface area contributed by atoms with Gasteiger partial charge in [0, 0.05) is 11.6 Å². The summed E-state index contributed by atoms with van der Waals surface area (Å²) < 4.78 is 60.8. The molecule has 0 aromatic heterocycles. The largest absolute Gasteiger partial charge is 0.466 e. The minimum absolute atomic E-state index is 0.157. The van der Waals surface area contributed by atoms with Gasteiger partial charge in [-0.15, -0.1) is 0 Å². The number of nitrogens with one attached hydrogen (secondary N) is 1. The SMILES string of the molecule is CCCOC(=O)C1=C(COCCN2C(=O)c3ccccc3C2=O)NC(CF)=C(C(=O)OC)C1c1c(F)ccc([N+](=O)[O-])c1F. The Morgan fingerprint density at radius 3 is 2.20 bits per heavy atom. The summed E-state index contributed by atoms with van der Waals surface area (Å²) in [7, 11) is 0.916. The molecule has 0 radical (unpaired) electrons. The molecular formula is C29H26F3N3O9. The fraction of sp³-hybridized carbons (Fsp3) is 0.310. The van der Waals surface area contributed by atoms with Gasteiger partial charge in [-0.3, -0.25) is 24.6 Å². The Balaban J connectivity index is 1.74. The summed E-state index contributed by atoms with van der Waals surface area (Å²) in [5, 5.41) is 14.0. The first-order valence-corrected chi connectivity index (χ1v) is 13.3. The number of carbonyl (C=O) groups is 4. The molecule has 15 heteroatoms. The number of esters is 2. The Morgan fingerprint density at radius 2 is 1.64 bits per heavy atom. The number of nitro benzene ring substituents is 1. The molecule has 2 aliphatic heterocycles. The zero-order chi connectivity index (χ0) is 32.1. The second kappa shape index (κ2) is 13.5. The molecule has 2 amide bonds. The molecule has 1 atom stereocenters. The number of amides is 2. The highest BCUT2D eigenvalue weighted by Gasteiger charge is 2.44. The zero-order valence-corrected chi connectivity index (χ0v) is 23.5. The number of fused-ring (bicyclic) bond motifs is 1. The third-order valence-corrected chi connectivity index (χ3v) is 6.90. The van der Waals surface area contributed by atoms with Crippen LogP contribution in [0.5, 0.6) is 0 Å². The first-order valence-electron chi connectivity index (χ1n) is 13.3. The third-order valence-electron chi connectivity index (χ3n) is 6.90. The molecule has 1 N–H and O–H groups in total. The maximum absolute atomic E-state index is 15.6. The molecule has 4 rings (SSSR count). The lowest BCUT2D eigenvalue weighted by molar-refractivity contribution is -0.387. The normalized spacial score (nSPS) is 16.2. The van der Waals surface area contributed by atoms with Crippen LogP contribution in [-0.2, 0) is 23.8 Å². The molecular weight excluding hydrogens is 591 g/mol.